The van der Waals surface area contributed by atoms with Crippen molar-refractivity contribution < 1.29 is 19.1 Å². The molecule has 2 aromatic rings. The Bertz CT molecular complexity index is 711. The van der Waals surface area contributed by atoms with Crippen molar-refractivity contribution in [2.75, 3.05) is 6.61 Å². The van der Waals surface area contributed by atoms with Gasteiger partial charge in [0.05, 0.1) is 6.61 Å². The van der Waals surface area contributed by atoms with E-state index < -0.39 is 12.0 Å². The third-order valence-corrected chi connectivity index (χ3v) is 3.86. The van der Waals surface area contributed by atoms with E-state index in [2.05, 4.69) is 5.32 Å². The molecule has 0 saturated carbocycles. The van der Waals surface area contributed by atoms with Crippen molar-refractivity contribution in [3.63, 3.8) is 0 Å². The number of carbonyl (C=O) groups excluding carboxylic acids is 2. The lowest BCUT2D eigenvalue weighted by Gasteiger charge is -2.21. The van der Waals surface area contributed by atoms with E-state index in [9.17, 15) is 9.59 Å². The number of amides is 1. The average Bonchev–Trinajstić information content (AvgIpc) is 2.65. The van der Waals surface area contributed by atoms with E-state index >= 15 is 0 Å². The van der Waals surface area contributed by atoms with Crippen LogP contribution in [-0.4, -0.2) is 24.5 Å². The van der Waals surface area contributed by atoms with Crippen molar-refractivity contribution in [3.8, 4) is 5.75 Å². The molecular formula is C21H25NO4. The Hall–Kier alpha value is -2.82. The standard InChI is InChI=1S/C21H25NO4/c1-4-25-18-12-10-17(11-13-18)20(23)22-19(15(2)3)21(24)26-14-16-8-6-5-7-9-16/h5-13,15,19H,4,14H2,1-3H3,(H,22,23)/t19-/m0/s1. The molecule has 0 fully saturated rings. The van der Waals surface area contributed by atoms with E-state index in [0.717, 1.165) is 5.56 Å². The molecule has 0 radical (unpaired) electrons. The van der Waals surface area contributed by atoms with Crippen LogP contribution in [0.1, 0.15) is 36.7 Å². The number of nitrogens with one attached hydrogen (secondary N) is 1. The number of ether oxygens (including phenoxy) is 2. The number of rotatable bonds is 8. The number of carbonyl (C=O) groups is 2. The first-order valence-corrected chi connectivity index (χ1v) is 8.75. The molecule has 2 rings (SSSR count). The highest BCUT2D eigenvalue weighted by Gasteiger charge is 2.26. The highest BCUT2D eigenvalue weighted by molar-refractivity contribution is 5.96. The van der Waals surface area contributed by atoms with E-state index in [1.165, 1.54) is 0 Å². The Morgan fingerprint density at radius 3 is 2.23 bits per heavy atom. The van der Waals surface area contributed by atoms with Gasteiger partial charge in [0, 0.05) is 5.56 Å². The summed E-state index contributed by atoms with van der Waals surface area (Å²) < 4.78 is 10.7. The lowest BCUT2D eigenvalue weighted by Crippen LogP contribution is -2.45. The fraction of sp³-hybridized carbons (Fsp3) is 0.333. The van der Waals surface area contributed by atoms with Gasteiger partial charge in [0.2, 0.25) is 0 Å². The SMILES string of the molecule is CCOc1ccc(C(=O)N[C@H](C(=O)OCc2ccccc2)C(C)C)cc1. The largest absolute Gasteiger partial charge is 0.494 e. The van der Waals surface area contributed by atoms with Gasteiger partial charge in [0.15, 0.2) is 0 Å². The molecule has 1 atom stereocenters. The summed E-state index contributed by atoms with van der Waals surface area (Å²) in [6.45, 7) is 6.38. The normalized spacial score (nSPS) is 11.7. The summed E-state index contributed by atoms with van der Waals surface area (Å²) >= 11 is 0. The zero-order chi connectivity index (χ0) is 18.9. The lowest BCUT2D eigenvalue weighted by molar-refractivity contribution is -0.148. The molecule has 0 aliphatic carbocycles. The van der Waals surface area contributed by atoms with E-state index in [0.29, 0.717) is 17.9 Å². The van der Waals surface area contributed by atoms with Gasteiger partial charge in [-0.25, -0.2) is 4.79 Å². The molecule has 0 aliphatic heterocycles. The van der Waals surface area contributed by atoms with Crippen LogP contribution < -0.4 is 10.1 Å². The fourth-order valence-corrected chi connectivity index (χ4v) is 2.41. The minimum atomic E-state index is -0.710. The molecule has 0 unspecified atom stereocenters. The summed E-state index contributed by atoms with van der Waals surface area (Å²) in [6.07, 6.45) is 0. The Kier molecular flexibility index (Phi) is 7.21. The average molecular weight is 355 g/mol. The van der Waals surface area contributed by atoms with Crippen molar-refractivity contribution in [3.05, 3.63) is 65.7 Å². The van der Waals surface area contributed by atoms with Crippen LogP contribution in [0.4, 0.5) is 0 Å². The predicted molar refractivity (Wildman–Crippen MR) is 99.9 cm³/mol. The van der Waals surface area contributed by atoms with Crippen LogP contribution in [0.25, 0.3) is 0 Å². The summed E-state index contributed by atoms with van der Waals surface area (Å²) in [5.41, 5.74) is 1.37. The summed E-state index contributed by atoms with van der Waals surface area (Å²) in [6, 6.07) is 15.5. The van der Waals surface area contributed by atoms with Gasteiger partial charge in [-0.15, -0.1) is 0 Å². The minimum Gasteiger partial charge on any atom is -0.494 e. The van der Waals surface area contributed by atoms with Gasteiger partial charge in [0.1, 0.15) is 18.4 Å². The molecule has 0 heterocycles. The van der Waals surface area contributed by atoms with Crippen LogP contribution in [-0.2, 0) is 16.1 Å². The smallest absolute Gasteiger partial charge is 0.329 e. The molecule has 0 aromatic heterocycles. The zero-order valence-corrected chi connectivity index (χ0v) is 15.4. The molecular weight excluding hydrogens is 330 g/mol. The van der Waals surface area contributed by atoms with Crippen LogP contribution in [0.5, 0.6) is 5.75 Å². The van der Waals surface area contributed by atoms with Gasteiger partial charge in [0.25, 0.3) is 5.91 Å². The van der Waals surface area contributed by atoms with Crippen LogP contribution in [0.15, 0.2) is 54.6 Å². The lowest BCUT2D eigenvalue weighted by atomic mass is 10.0. The molecule has 1 amide bonds. The van der Waals surface area contributed by atoms with Crippen LogP contribution in [0, 0.1) is 5.92 Å². The van der Waals surface area contributed by atoms with Crippen LogP contribution in [0.3, 0.4) is 0 Å². The first-order chi connectivity index (χ1) is 12.5. The third-order valence-electron chi connectivity index (χ3n) is 3.86. The molecule has 0 aliphatic rings. The first-order valence-electron chi connectivity index (χ1n) is 8.75. The first kappa shape index (κ1) is 19.5. The Balaban J connectivity index is 1.97. The van der Waals surface area contributed by atoms with E-state index in [1.807, 2.05) is 51.1 Å². The van der Waals surface area contributed by atoms with E-state index in [1.54, 1.807) is 24.3 Å². The van der Waals surface area contributed by atoms with E-state index in [4.69, 9.17) is 9.47 Å². The van der Waals surface area contributed by atoms with Gasteiger partial charge in [-0.3, -0.25) is 4.79 Å². The Labute approximate surface area is 154 Å². The molecule has 138 valence electrons. The van der Waals surface area contributed by atoms with Gasteiger partial charge in [-0.05, 0) is 42.7 Å². The highest BCUT2D eigenvalue weighted by atomic mass is 16.5. The molecule has 5 nitrogen and oxygen atoms in total. The van der Waals surface area contributed by atoms with Crippen molar-refractivity contribution >= 4 is 11.9 Å². The zero-order valence-electron chi connectivity index (χ0n) is 15.4. The van der Waals surface area contributed by atoms with Crippen molar-refractivity contribution in [1.82, 2.24) is 5.32 Å². The van der Waals surface area contributed by atoms with Gasteiger partial charge < -0.3 is 14.8 Å². The number of hydrogen-bond acceptors (Lipinski definition) is 4. The monoisotopic (exact) mass is 355 g/mol. The summed E-state index contributed by atoms with van der Waals surface area (Å²) in [5, 5.41) is 2.77. The molecule has 2 aromatic carbocycles. The molecule has 1 N–H and O–H groups in total. The summed E-state index contributed by atoms with van der Waals surface area (Å²) in [5.74, 6) is -0.150. The minimum absolute atomic E-state index is 0.0927. The quantitative estimate of drug-likeness (QED) is 0.735. The summed E-state index contributed by atoms with van der Waals surface area (Å²) in [4.78, 5) is 24.9. The van der Waals surface area contributed by atoms with E-state index in [-0.39, 0.29) is 18.4 Å². The van der Waals surface area contributed by atoms with Crippen molar-refractivity contribution in [2.24, 2.45) is 5.92 Å². The van der Waals surface area contributed by atoms with Crippen molar-refractivity contribution in [2.45, 2.75) is 33.4 Å². The molecule has 5 heteroatoms. The van der Waals surface area contributed by atoms with Gasteiger partial charge in [-0.2, -0.15) is 0 Å². The second-order valence-electron chi connectivity index (χ2n) is 6.25. The third kappa shape index (κ3) is 5.62. The maximum absolute atomic E-state index is 12.4. The highest BCUT2D eigenvalue weighted by Crippen LogP contribution is 2.13. The number of hydrogen-bond donors (Lipinski definition) is 1. The second kappa shape index (κ2) is 9.61. The second-order valence-corrected chi connectivity index (χ2v) is 6.25. The molecule has 0 bridgehead atoms. The fourth-order valence-electron chi connectivity index (χ4n) is 2.41. The number of benzene rings is 2. The molecule has 0 saturated heterocycles. The predicted octanol–water partition coefficient (Wildman–Crippen LogP) is 3.58. The topological polar surface area (TPSA) is 64.6 Å². The van der Waals surface area contributed by atoms with Crippen molar-refractivity contribution in [1.29, 1.82) is 0 Å². The summed E-state index contributed by atoms with van der Waals surface area (Å²) in [7, 11) is 0. The Morgan fingerprint density at radius 1 is 1.00 bits per heavy atom. The maximum Gasteiger partial charge on any atom is 0.329 e. The van der Waals surface area contributed by atoms with Gasteiger partial charge >= 0.3 is 5.97 Å². The van der Waals surface area contributed by atoms with Crippen LogP contribution in [0.2, 0.25) is 0 Å². The Morgan fingerprint density at radius 2 is 1.65 bits per heavy atom. The van der Waals surface area contributed by atoms with Gasteiger partial charge in [-0.1, -0.05) is 44.2 Å². The molecule has 26 heavy (non-hydrogen) atoms. The number of esters is 1. The maximum atomic E-state index is 12.4. The molecule has 0 spiro atoms. The van der Waals surface area contributed by atoms with Crippen LogP contribution >= 0.6 is 0 Å².